The molecule has 106 valence electrons. The van der Waals surface area contributed by atoms with Crippen molar-refractivity contribution in [3.05, 3.63) is 53.7 Å². The van der Waals surface area contributed by atoms with Gasteiger partial charge in [-0.25, -0.2) is 4.98 Å². The average molecular weight is 281 g/mol. The van der Waals surface area contributed by atoms with Crippen LogP contribution in [0.3, 0.4) is 0 Å². The molecule has 0 fully saturated rings. The van der Waals surface area contributed by atoms with Crippen LogP contribution < -0.4 is 15.8 Å². The molecular weight excluding hydrogens is 266 g/mol. The fourth-order valence-electron chi connectivity index (χ4n) is 1.75. The number of hydrogen-bond donors (Lipinski definition) is 2. The summed E-state index contributed by atoms with van der Waals surface area (Å²) in [4.78, 5) is 16.2. The number of rotatable bonds is 3. The fourth-order valence-corrected chi connectivity index (χ4v) is 1.75. The molecule has 0 bridgehead atoms. The van der Waals surface area contributed by atoms with Gasteiger partial charge in [0.25, 0.3) is 5.91 Å². The van der Waals surface area contributed by atoms with Crippen molar-refractivity contribution in [1.29, 1.82) is 0 Å². The SMILES string of the molecule is COc1ncccc1C(=O)Nc1cccc(C#CCN)c1. The number of aromatic nitrogens is 1. The second-order valence-corrected chi connectivity index (χ2v) is 4.10. The van der Waals surface area contributed by atoms with Crippen molar-refractivity contribution in [3.63, 3.8) is 0 Å². The first kappa shape index (κ1) is 14.6. The summed E-state index contributed by atoms with van der Waals surface area (Å²) in [5, 5.41) is 2.79. The smallest absolute Gasteiger partial charge is 0.261 e. The van der Waals surface area contributed by atoms with Crippen LogP contribution in [-0.2, 0) is 0 Å². The Kier molecular flexibility index (Phi) is 4.91. The number of ether oxygens (including phenoxy) is 1. The molecule has 0 unspecified atom stereocenters. The van der Waals surface area contributed by atoms with E-state index in [1.165, 1.54) is 7.11 Å². The van der Waals surface area contributed by atoms with Gasteiger partial charge in [0, 0.05) is 17.4 Å². The van der Waals surface area contributed by atoms with Crippen LogP contribution in [0.2, 0.25) is 0 Å². The molecule has 0 saturated carbocycles. The first-order chi connectivity index (χ1) is 10.2. The van der Waals surface area contributed by atoms with Crippen LogP contribution >= 0.6 is 0 Å². The molecule has 0 aliphatic heterocycles. The Labute approximate surface area is 123 Å². The van der Waals surface area contributed by atoms with Crippen LogP contribution in [0.1, 0.15) is 15.9 Å². The van der Waals surface area contributed by atoms with E-state index in [2.05, 4.69) is 22.1 Å². The zero-order valence-electron chi connectivity index (χ0n) is 11.6. The molecule has 0 spiro atoms. The van der Waals surface area contributed by atoms with Gasteiger partial charge < -0.3 is 15.8 Å². The van der Waals surface area contributed by atoms with Gasteiger partial charge in [0.15, 0.2) is 0 Å². The maximum absolute atomic E-state index is 12.2. The van der Waals surface area contributed by atoms with Crippen molar-refractivity contribution in [2.24, 2.45) is 5.73 Å². The molecule has 5 nitrogen and oxygen atoms in total. The Morgan fingerprint density at radius 2 is 2.24 bits per heavy atom. The lowest BCUT2D eigenvalue weighted by molar-refractivity contribution is 0.102. The van der Waals surface area contributed by atoms with Crippen LogP contribution in [0.5, 0.6) is 5.88 Å². The van der Waals surface area contributed by atoms with E-state index in [9.17, 15) is 4.79 Å². The zero-order chi connectivity index (χ0) is 15.1. The lowest BCUT2D eigenvalue weighted by Gasteiger charge is -2.08. The molecule has 21 heavy (non-hydrogen) atoms. The number of nitrogens with zero attached hydrogens (tertiary/aromatic N) is 1. The van der Waals surface area contributed by atoms with Gasteiger partial charge in [0.05, 0.1) is 13.7 Å². The van der Waals surface area contributed by atoms with Gasteiger partial charge in [0.1, 0.15) is 5.56 Å². The Balaban J connectivity index is 2.20. The molecule has 1 aromatic carbocycles. The summed E-state index contributed by atoms with van der Waals surface area (Å²) in [7, 11) is 1.47. The summed E-state index contributed by atoms with van der Waals surface area (Å²) in [5.41, 5.74) is 7.15. The summed E-state index contributed by atoms with van der Waals surface area (Å²) in [6.07, 6.45) is 1.57. The van der Waals surface area contributed by atoms with Crippen LogP contribution in [0.15, 0.2) is 42.6 Å². The Bertz CT molecular complexity index is 702. The van der Waals surface area contributed by atoms with Crippen molar-refractivity contribution < 1.29 is 9.53 Å². The third kappa shape index (κ3) is 3.81. The Morgan fingerprint density at radius 1 is 1.38 bits per heavy atom. The number of carbonyl (C=O) groups is 1. The molecule has 0 aliphatic carbocycles. The largest absolute Gasteiger partial charge is 0.480 e. The Morgan fingerprint density at radius 3 is 3.00 bits per heavy atom. The Hall–Kier alpha value is -2.84. The molecule has 1 aromatic heterocycles. The summed E-state index contributed by atoms with van der Waals surface area (Å²) >= 11 is 0. The van der Waals surface area contributed by atoms with Crippen molar-refractivity contribution in [1.82, 2.24) is 4.98 Å². The predicted octanol–water partition coefficient (Wildman–Crippen LogP) is 1.65. The monoisotopic (exact) mass is 281 g/mol. The standard InChI is InChI=1S/C16H15N3O2/c1-21-16-14(8-4-10-18-16)15(20)19-13-7-2-5-12(11-13)6-3-9-17/h2,4-5,7-8,10-11H,9,17H2,1H3,(H,19,20). The van der Waals surface area contributed by atoms with E-state index < -0.39 is 0 Å². The van der Waals surface area contributed by atoms with Crippen LogP contribution in [0.4, 0.5) is 5.69 Å². The second kappa shape index (κ2) is 7.08. The highest BCUT2D eigenvalue weighted by Gasteiger charge is 2.12. The number of anilines is 1. The summed E-state index contributed by atoms with van der Waals surface area (Å²) in [6, 6.07) is 10.6. The third-order valence-corrected chi connectivity index (χ3v) is 2.66. The van der Waals surface area contributed by atoms with Gasteiger partial charge in [-0.2, -0.15) is 0 Å². The molecule has 0 atom stereocenters. The molecule has 2 rings (SSSR count). The quantitative estimate of drug-likeness (QED) is 0.839. The number of amides is 1. The van der Waals surface area contributed by atoms with Crippen LogP contribution in [0.25, 0.3) is 0 Å². The van der Waals surface area contributed by atoms with Crippen LogP contribution in [0, 0.1) is 11.8 Å². The molecule has 1 amide bonds. The van der Waals surface area contributed by atoms with E-state index in [-0.39, 0.29) is 11.8 Å². The number of carbonyl (C=O) groups excluding carboxylic acids is 1. The average Bonchev–Trinajstić information content (AvgIpc) is 2.53. The highest BCUT2D eigenvalue weighted by atomic mass is 16.5. The maximum Gasteiger partial charge on any atom is 0.261 e. The number of nitrogens with one attached hydrogen (secondary N) is 1. The number of nitrogens with two attached hydrogens (primary N) is 1. The molecule has 0 radical (unpaired) electrons. The lowest BCUT2D eigenvalue weighted by Crippen LogP contribution is -2.13. The van der Waals surface area contributed by atoms with E-state index in [1.807, 2.05) is 12.1 Å². The molecule has 2 aromatic rings. The summed E-state index contributed by atoms with van der Waals surface area (Å²) < 4.78 is 5.07. The minimum Gasteiger partial charge on any atom is -0.480 e. The van der Waals surface area contributed by atoms with E-state index in [0.717, 1.165) is 5.56 Å². The highest BCUT2D eigenvalue weighted by Crippen LogP contribution is 2.17. The molecule has 1 heterocycles. The van der Waals surface area contributed by atoms with Gasteiger partial charge >= 0.3 is 0 Å². The van der Waals surface area contributed by atoms with E-state index in [4.69, 9.17) is 10.5 Å². The predicted molar refractivity (Wildman–Crippen MR) is 81.1 cm³/mol. The van der Waals surface area contributed by atoms with E-state index in [1.54, 1.807) is 30.5 Å². The molecule has 0 saturated heterocycles. The highest BCUT2D eigenvalue weighted by molar-refractivity contribution is 6.05. The minimum atomic E-state index is -0.288. The first-order valence-electron chi connectivity index (χ1n) is 6.34. The van der Waals surface area contributed by atoms with Crippen molar-refractivity contribution in [2.45, 2.75) is 0 Å². The zero-order valence-corrected chi connectivity index (χ0v) is 11.6. The summed E-state index contributed by atoms with van der Waals surface area (Å²) in [5.74, 6) is 5.69. The number of hydrogen-bond acceptors (Lipinski definition) is 4. The van der Waals surface area contributed by atoms with Crippen molar-refractivity contribution in [3.8, 4) is 17.7 Å². The van der Waals surface area contributed by atoms with Gasteiger partial charge in [-0.1, -0.05) is 17.9 Å². The van der Waals surface area contributed by atoms with Gasteiger partial charge in [-0.3, -0.25) is 4.79 Å². The van der Waals surface area contributed by atoms with E-state index in [0.29, 0.717) is 17.8 Å². The molecule has 5 heteroatoms. The number of benzene rings is 1. The second-order valence-electron chi connectivity index (χ2n) is 4.10. The number of pyridine rings is 1. The van der Waals surface area contributed by atoms with Crippen molar-refractivity contribution in [2.75, 3.05) is 19.0 Å². The van der Waals surface area contributed by atoms with Gasteiger partial charge in [-0.05, 0) is 30.3 Å². The third-order valence-electron chi connectivity index (χ3n) is 2.66. The van der Waals surface area contributed by atoms with Crippen LogP contribution in [-0.4, -0.2) is 24.5 Å². The molecule has 0 aliphatic rings. The topological polar surface area (TPSA) is 77.2 Å². The maximum atomic E-state index is 12.2. The van der Waals surface area contributed by atoms with E-state index >= 15 is 0 Å². The first-order valence-corrected chi connectivity index (χ1v) is 6.34. The van der Waals surface area contributed by atoms with Gasteiger partial charge in [0.2, 0.25) is 5.88 Å². The summed E-state index contributed by atoms with van der Waals surface area (Å²) in [6.45, 7) is 0.295. The molecular formula is C16H15N3O2. The minimum absolute atomic E-state index is 0.286. The normalized spacial score (nSPS) is 9.43. The fraction of sp³-hybridized carbons (Fsp3) is 0.125. The lowest BCUT2D eigenvalue weighted by atomic mass is 10.2. The van der Waals surface area contributed by atoms with Gasteiger partial charge in [-0.15, -0.1) is 0 Å². The number of methoxy groups -OCH3 is 1. The molecule has 3 N–H and O–H groups in total. The van der Waals surface area contributed by atoms with Crippen molar-refractivity contribution >= 4 is 11.6 Å².